The predicted molar refractivity (Wildman–Crippen MR) is 146 cm³/mol. The smallest absolute Gasteiger partial charge is 0.0513 e. The van der Waals surface area contributed by atoms with Crippen LogP contribution in [0, 0.1) is 0 Å². The molecule has 0 aliphatic rings. The first-order chi connectivity index (χ1) is 13.2. The molecule has 0 saturated heterocycles. The first-order valence-electron chi connectivity index (χ1n) is 12.0. The predicted octanol–water partition coefficient (Wildman–Crippen LogP) is 9.59. The van der Waals surface area contributed by atoms with E-state index < -0.39 is 15.2 Å². The second-order valence-electron chi connectivity index (χ2n) is 13.4. The van der Waals surface area contributed by atoms with Gasteiger partial charge < -0.3 is 8.38 Å². The van der Waals surface area contributed by atoms with E-state index in [0.717, 1.165) is 0 Å². The molecule has 0 radical (unpaired) electrons. The standard InChI is InChI=1S/C27H50PSi2/c1-18(2)21-16-22(19(3)4)24(23(17-21)20(5)6)29(28)30(25(7,8)9,26(10,11)12)27(13,14)15/h16-20H,1-15H3/q-1. The number of rotatable bonds is 5. The molecule has 0 saturated carbocycles. The Morgan fingerprint density at radius 1 is 0.633 bits per heavy atom. The lowest BCUT2D eigenvalue weighted by Crippen LogP contribution is -2.68. The third kappa shape index (κ3) is 4.81. The van der Waals surface area contributed by atoms with Crippen molar-refractivity contribution < 1.29 is 0 Å². The molecule has 0 heterocycles. The molecule has 1 aromatic rings. The lowest BCUT2D eigenvalue weighted by molar-refractivity contribution is 0.555. The van der Waals surface area contributed by atoms with Gasteiger partial charge in [0.15, 0.2) is 0 Å². The van der Waals surface area contributed by atoms with Gasteiger partial charge in [-0.1, -0.05) is 121 Å². The molecule has 1 rings (SSSR count). The van der Waals surface area contributed by atoms with Crippen LogP contribution in [-0.4, -0.2) is 15.2 Å². The van der Waals surface area contributed by atoms with E-state index in [1.165, 1.54) is 5.56 Å². The average Bonchev–Trinajstić information content (AvgIpc) is 2.49. The summed E-state index contributed by atoms with van der Waals surface area (Å²) >= 11 is 0. The monoisotopic (exact) mass is 461 g/mol. The maximum absolute atomic E-state index is 5.76. The molecule has 0 amide bonds. The van der Waals surface area contributed by atoms with E-state index in [1.807, 2.05) is 0 Å². The molecule has 0 aliphatic carbocycles. The van der Waals surface area contributed by atoms with Gasteiger partial charge in [-0.15, -0.1) is 0 Å². The Kier molecular flexibility index (Phi) is 8.46. The Morgan fingerprint density at radius 3 is 1.13 bits per heavy atom. The number of hydrogen-bond donors (Lipinski definition) is 0. The van der Waals surface area contributed by atoms with Crippen LogP contribution in [0.25, 0.3) is 0 Å². The van der Waals surface area contributed by atoms with Gasteiger partial charge in [-0.3, -0.25) is 0 Å². The summed E-state index contributed by atoms with van der Waals surface area (Å²) in [4.78, 5) is 0. The molecule has 0 N–H and O–H groups in total. The van der Waals surface area contributed by atoms with Crippen LogP contribution in [0.3, 0.4) is 0 Å². The molecular formula is C27H50PSi2-. The Bertz CT molecular complexity index is 700. The van der Waals surface area contributed by atoms with Crippen molar-refractivity contribution in [3.63, 3.8) is 0 Å². The summed E-state index contributed by atoms with van der Waals surface area (Å²) in [6.07, 6.45) is 0. The van der Waals surface area contributed by atoms with Crippen molar-refractivity contribution in [1.82, 2.24) is 0 Å². The minimum absolute atomic E-state index is 0.263. The van der Waals surface area contributed by atoms with Crippen LogP contribution in [0.15, 0.2) is 12.1 Å². The van der Waals surface area contributed by atoms with Crippen molar-refractivity contribution in [3.05, 3.63) is 28.8 Å². The Labute approximate surface area is 194 Å². The molecule has 1 aromatic carbocycles. The maximum Gasteiger partial charge on any atom is 0.0513 e. The minimum Gasteiger partial charge on any atom is -0.745 e. The molecule has 0 nitrogen and oxygen atoms in total. The lowest BCUT2D eigenvalue weighted by Gasteiger charge is -2.64. The second kappa shape index (κ2) is 9.07. The van der Waals surface area contributed by atoms with Gasteiger partial charge in [0.25, 0.3) is 0 Å². The van der Waals surface area contributed by atoms with Gasteiger partial charge in [0.05, 0.1) is 7.59 Å². The van der Waals surface area contributed by atoms with E-state index in [2.05, 4.69) is 116 Å². The molecule has 0 atom stereocenters. The van der Waals surface area contributed by atoms with Crippen molar-refractivity contribution in [2.45, 2.75) is 137 Å². The first-order valence-corrected chi connectivity index (χ1v) is 17.7. The zero-order chi connectivity index (χ0) is 24.0. The highest BCUT2D eigenvalue weighted by Crippen LogP contribution is 2.62. The largest absolute Gasteiger partial charge is 0.745 e. The van der Waals surface area contributed by atoms with Crippen LogP contribution >= 0.6 is 8.38 Å². The van der Waals surface area contributed by atoms with Crippen molar-refractivity contribution in [1.29, 1.82) is 0 Å². The molecule has 0 fully saturated rings. The molecule has 0 spiro atoms. The fourth-order valence-electron chi connectivity index (χ4n) is 6.86. The van der Waals surface area contributed by atoms with E-state index in [-0.39, 0.29) is 15.1 Å². The van der Waals surface area contributed by atoms with Gasteiger partial charge in [0.1, 0.15) is 0 Å². The molecule has 172 valence electrons. The topological polar surface area (TPSA) is 0 Å². The van der Waals surface area contributed by atoms with Crippen molar-refractivity contribution in [3.8, 4) is 0 Å². The Hall–Kier alpha value is -0.0462. The molecular weight excluding hydrogens is 411 g/mol. The number of benzene rings is 1. The van der Waals surface area contributed by atoms with Gasteiger partial charge in [-0.05, 0) is 49.6 Å². The highest BCUT2D eigenvalue weighted by atomic mass is 31.2. The first kappa shape index (κ1) is 28.0. The molecule has 3 heteroatoms. The van der Waals surface area contributed by atoms with Crippen molar-refractivity contribution in [2.24, 2.45) is 0 Å². The quantitative estimate of drug-likeness (QED) is 0.302. The Morgan fingerprint density at radius 2 is 0.933 bits per heavy atom. The zero-order valence-corrected chi connectivity index (χ0v) is 25.7. The van der Waals surface area contributed by atoms with Crippen LogP contribution in [0.2, 0.25) is 15.1 Å². The fraction of sp³-hybridized carbons (Fsp3) is 0.778. The summed E-state index contributed by atoms with van der Waals surface area (Å²) < 4.78 is 0. The van der Waals surface area contributed by atoms with Crippen LogP contribution in [0.1, 0.15) is 138 Å². The molecule has 0 aliphatic heterocycles. The van der Waals surface area contributed by atoms with E-state index in [4.69, 9.17) is 8.38 Å². The summed E-state index contributed by atoms with van der Waals surface area (Å²) in [7, 11) is 2.69. The normalized spacial score (nSPS) is 14.2. The van der Waals surface area contributed by atoms with Gasteiger partial charge in [-0.2, -0.15) is 7.57 Å². The van der Waals surface area contributed by atoms with E-state index in [1.54, 1.807) is 16.3 Å². The molecule has 0 aromatic heterocycles. The summed E-state index contributed by atoms with van der Waals surface area (Å²) in [6.45, 7) is 36.8. The van der Waals surface area contributed by atoms with E-state index in [9.17, 15) is 0 Å². The molecule has 0 bridgehead atoms. The summed E-state index contributed by atoms with van der Waals surface area (Å²) in [5, 5.41) is 2.44. The van der Waals surface area contributed by atoms with E-state index >= 15 is 0 Å². The van der Waals surface area contributed by atoms with Crippen molar-refractivity contribution >= 4 is 28.7 Å². The van der Waals surface area contributed by atoms with Gasteiger partial charge in [0, 0.05) is 0 Å². The summed E-state index contributed by atoms with van der Waals surface area (Å²) in [6, 6.07) is 5.06. The molecule has 0 unspecified atom stereocenters. The molecule has 30 heavy (non-hydrogen) atoms. The highest BCUT2D eigenvalue weighted by Gasteiger charge is 2.58. The number of hydrogen-bond acceptors (Lipinski definition) is 0. The van der Waals surface area contributed by atoms with Crippen LogP contribution in [-0.2, 0) is 0 Å². The van der Waals surface area contributed by atoms with Crippen LogP contribution < -0.4 is 5.19 Å². The summed E-state index contributed by atoms with van der Waals surface area (Å²) in [5.74, 6) is 1.60. The van der Waals surface area contributed by atoms with Gasteiger partial charge >= 0.3 is 0 Å². The third-order valence-electron chi connectivity index (χ3n) is 7.10. The van der Waals surface area contributed by atoms with Crippen molar-refractivity contribution in [2.75, 3.05) is 0 Å². The Balaban J connectivity index is 4.21. The average molecular weight is 462 g/mol. The maximum atomic E-state index is 5.76. The SMILES string of the molecule is CC(C)c1cc(C(C)C)c([Si](=[P-])[Si](C(C)(C)C)(C(C)(C)C)C(C)(C)C)c(C(C)C)c1. The minimum atomic E-state index is -1.98. The summed E-state index contributed by atoms with van der Waals surface area (Å²) in [5.41, 5.74) is 4.63. The zero-order valence-electron chi connectivity index (χ0n) is 22.8. The third-order valence-corrected chi connectivity index (χ3v) is 28.9. The highest BCUT2D eigenvalue weighted by molar-refractivity contribution is 7.63. The van der Waals surface area contributed by atoms with Gasteiger partial charge in [-0.25, -0.2) is 0 Å². The van der Waals surface area contributed by atoms with Crippen LogP contribution in [0.4, 0.5) is 0 Å². The van der Waals surface area contributed by atoms with Gasteiger partial charge in [0.2, 0.25) is 0 Å². The second-order valence-corrected chi connectivity index (χ2v) is 26.9. The lowest BCUT2D eigenvalue weighted by atomic mass is 9.89. The fourth-order valence-corrected chi connectivity index (χ4v) is 35.6. The van der Waals surface area contributed by atoms with Crippen LogP contribution in [0.5, 0.6) is 0 Å². The van der Waals surface area contributed by atoms with E-state index in [0.29, 0.717) is 17.8 Å².